The number of carbonyl (C=O) groups is 1. The highest BCUT2D eigenvalue weighted by Crippen LogP contribution is 2.16. The van der Waals surface area contributed by atoms with Crippen LogP contribution in [0.5, 0.6) is 0 Å². The number of alkyl halides is 1. The molecule has 0 radical (unpaired) electrons. The van der Waals surface area contributed by atoms with Gasteiger partial charge in [-0.25, -0.2) is 0 Å². The van der Waals surface area contributed by atoms with Gasteiger partial charge in [-0.3, -0.25) is 0 Å². The smallest absolute Gasteiger partial charge is 0.410 e. The molecule has 0 atom stereocenters. The van der Waals surface area contributed by atoms with E-state index in [4.69, 9.17) is 33.8 Å². The first-order chi connectivity index (χ1) is 11.1. The summed E-state index contributed by atoms with van der Waals surface area (Å²) in [6.45, 7) is 1.97. The van der Waals surface area contributed by atoms with E-state index in [0.29, 0.717) is 16.6 Å². The van der Waals surface area contributed by atoms with Crippen molar-refractivity contribution in [2.75, 3.05) is 6.61 Å². The molecule has 0 saturated heterocycles. The van der Waals surface area contributed by atoms with Gasteiger partial charge in [-0.05, 0) is 53.6 Å². The summed E-state index contributed by atoms with van der Waals surface area (Å²) in [4.78, 5) is 12.0. The molecular weight excluding hydrogens is 335 g/mol. The molecule has 0 unspecified atom stereocenters. The Morgan fingerprint density at radius 1 is 1.09 bits per heavy atom. The summed E-state index contributed by atoms with van der Waals surface area (Å²) in [6.07, 6.45) is -0.626. The van der Waals surface area contributed by atoms with Gasteiger partial charge >= 0.3 is 6.09 Å². The van der Waals surface area contributed by atoms with Crippen LogP contribution in [-0.4, -0.2) is 23.1 Å². The highest BCUT2D eigenvalue weighted by atomic mass is 35.5. The van der Waals surface area contributed by atoms with Crippen molar-refractivity contribution in [2.24, 2.45) is 5.84 Å². The van der Waals surface area contributed by atoms with E-state index in [-0.39, 0.29) is 6.61 Å². The Kier molecular flexibility index (Phi) is 6.02. The van der Waals surface area contributed by atoms with Crippen molar-refractivity contribution in [2.45, 2.75) is 12.8 Å². The lowest BCUT2D eigenvalue weighted by Gasteiger charge is -2.06. The van der Waals surface area contributed by atoms with Crippen molar-refractivity contribution in [3.63, 3.8) is 0 Å². The number of ether oxygens (including phenoxy) is 1. The maximum atomic E-state index is 12.0. The summed E-state index contributed by atoms with van der Waals surface area (Å²) in [5.74, 6) is 6.40. The predicted molar refractivity (Wildman–Crippen MR) is 92.1 cm³/mol. The van der Waals surface area contributed by atoms with Crippen LogP contribution in [0.3, 0.4) is 0 Å². The third-order valence-electron chi connectivity index (χ3n) is 3.20. The van der Waals surface area contributed by atoms with E-state index in [0.717, 1.165) is 21.4 Å². The van der Waals surface area contributed by atoms with Crippen LogP contribution < -0.4 is 5.84 Å². The minimum atomic E-state index is -0.626. The Morgan fingerprint density at radius 2 is 1.61 bits per heavy atom. The minimum Gasteiger partial charge on any atom is -0.410 e. The molecule has 0 aliphatic rings. The van der Waals surface area contributed by atoms with Crippen molar-refractivity contribution in [3.8, 4) is 0 Å². The van der Waals surface area contributed by atoms with Crippen LogP contribution in [-0.2, 0) is 10.6 Å². The number of carbonyl (C=O) groups excluding carboxylic acids is 1. The fraction of sp³-hybridized carbons (Fsp3) is 0.176. The third kappa shape index (κ3) is 4.24. The maximum Gasteiger partial charge on any atom is 0.626 e. The van der Waals surface area contributed by atoms with Gasteiger partial charge in [-0.1, -0.05) is 23.7 Å². The van der Waals surface area contributed by atoms with E-state index in [9.17, 15) is 4.79 Å². The molecule has 2 aromatic rings. The lowest BCUT2D eigenvalue weighted by Crippen LogP contribution is -2.35. The molecule has 0 saturated carbocycles. The van der Waals surface area contributed by atoms with Gasteiger partial charge in [0, 0.05) is 16.5 Å². The Morgan fingerprint density at radius 3 is 2.09 bits per heavy atom. The number of hydrazine groups is 1. The van der Waals surface area contributed by atoms with E-state index in [1.807, 2.05) is 24.3 Å². The summed E-state index contributed by atoms with van der Waals surface area (Å²) >= 11 is 11.8. The highest BCUT2D eigenvalue weighted by Gasteiger charge is 2.26. The number of hydrazone groups is 1. The van der Waals surface area contributed by atoms with Crippen molar-refractivity contribution < 1.29 is 14.2 Å². The first-order valence-electron chi connectivity index (χ1n) is 7.06. The molecule has 0 aliphatic heterocycles. The number of nitrogens with zero attached hydrogens (tertiary/aromatic N) is 1. The van der Waals surface area contributed by atoms with Gasteiger partial charge in [0.1, 0.15) is 0 Å². The highest BCUT2D eigenvalue weighted by molar-refractivity contribution is 6.30. The molecule has 0 heterocycles. The zero-order chi connectivity index (χ0) is 16.8. The number of hydrogen-bond donors (Lipinski definition) is 1. The number of hydrogen-bond acceptors (Lipinski definition) is 3. The van der Waals surface area contributed by atoms with Crippen LogP contribution in [0.25, 0.3) is 0 Å². The van der Waals surface area contributed by atoms with Crippen molar-refractivity contribution in [1.82, 2.24) is 0 Å². The van der Waals surface area contributed by atoms with Crippen molar-refractivity contribution in [3.05, 3.63) is 70.2 Å². The van der Waals surface area contributed by atoms with Gasteiger partial charge in [0.05, 0.1) is 12.2 Å². The lowest BCUT2D eigenvalue weighted by molar-refractivity contribution is -0.456. The van der Waals surface area contributed by atoms with E-state index >= 15 is 0 Å². The summed E-state index contributed by atoms with van der Waals surface area (Å²) in [6, 6.07) is 14.6. The molecule has 0 spiro atoms. The summed E-state index contributed by atoms with van der Waals surface area (Å²) in [5, 5.41) is 0.602. The molecular formula is C17H17Cl2N2O2+. The summed E-state index contributed by atoms with van der Waals surface area (Å²) < 4.78 is 5.99. The van der Waals surface area contributed by atoms with Gasteiger partial charge in [-0.2, -0.15) is 10.6 Å². The van der Waals surface area contributed by atoms with Gasteiger partial charge in [-0.15, -0.1) is 11.6 Å². The molecule has 0 bridgehead atoms. The van der Waals surface area contributed by atoms with E-state index < -0.39 is 6.09 Å². The fourth-order valence-corrected chi connectivity index (χ4v) is 2.39. The van der Waals surface area contributed by atoms with Gasteiger partial charge in [0.25, 0.3) is 5.71 Å². The van der Waals surface area contributed by atoms with E-state index in [1.165, 1.54) is 0 Å². The van der Waals surface area contributed by atoms with Crippen molar-refractivity contribution >= 4 is 35.0 Å². The average Bonchev–Trinajstić information content (AvgIpc) is 2.57. The Balaban J connectivity index is 2.56. The monoisotopic (exact) mass is 351 g/mol. The molecule has 120 valence electrons. The lowest BCUT2D eigenvalue weighted by atomic mass is 10.0. The normalized spacial score (nSPS) is 11.8. The van der Waals surface area contributed by atoms with Crippen LogP contribution in [0.15, 0.2) is 48.5 Å². The van der Waals surface area contributed by atoms with E-state index in [1.54, 1.807) is 31.2 Å². The quantitative estimate of drug-likeness (QED) is 0.226. The molecule has 2 rings (SSSR count). The second-order valence-electron chi connectivity index (χ2n) is 4.75. The molecule has 2 N–H and O–H groups in total. The Hall–Kier alpha value is -2.04. The molecule has 0 aromatic heterocycles. The summed E-state index contributed by atoms with van der Waals surface area (Å²) in [7, 11) is 0. The largest absolute Gasteiger partial charge is 0.626 e. The van der Waals surface area contributed by atoms with Crippen LogP contribution in [0.4, 0.5) is 4.79 Å². The zero-order valence-electron chi connectivity index (χ0n) is 12.6. The minimum absolute atomic E-state index is 0.242. The number of nitrogens with two attached hydrogens (primary N) is 1. The molecule has 6 heteroatoms. The molecule has 0 fully saturated rings. The zero-order valence-corrected chi connectivity index (χ0v) is 14.1. The maximum absolute atomic E-state index is 12.0. The van der Waals surface area contributed by atoms with Gasteiger partial charge in [0.15, 0.2) is 0 Å². The average molecular weight is 352 g/mol. The third-order valence-corrected chi connectivity index (χ3v) is 3.77. The first-order valence-corrected chi connectivity index (χ1v) is 7.97. The van der Waals surface area contributed by atoms with Crippen LogP contribution in [0.2, 0.25) is 5.02 Å². The Labute approximate surface area is 145 Å². The van der Waals surface area contributed by atoms with Crippen LogP contribution in [0, 0.1) is 0 Å². The standard InChI is InChI=1S/C17H17Cl2N2O2/c1-2-23-17(22)21(20)16(14-7-9-15(19)10-8-14)13-5-3-12(11-18)4-6-13/h3-10H,2,11,20H2,1H3/q+1. The second kappa shape index (κ2) is 7.99. The number of benzene rings is 2. The molecule has 1 amide bonds. The fourth-order valence-electron chi connectivity index (χ4n) is 2.09. The van der Waals surface area contributed by atoms with Crippen LogP contribution >= 0.6 is 23.2 Å². The van der Waals surface area contributed by atoms with E-state index in [2.05, 4.69) is 0 Å². The SMILES string of the molecule is CCOC(=O)[N+](N)=C(c1ccc(Cl)cc1)c1ccc(CCl)cc1. The topological polar surface area (TPSA) is 55.3 Å². The number of rotatable bonds is 4. The van der Waals surface area contributed by atoms with Gasteiger partial charge in [0.2, 0.25) is 0 Å². The molecule has 23 heavy (non-hydrogen) atoms. The predicted octanol–water partition coefficient (Wildman–Crippen LogP) is 3.96. The molecule has 0 aliphatic carbocycles. The number of amides is 1. The Bertz CT molecular complexity index is 710. The number of halogens is 2. The summed E-state index contributed by atoms with van der Waals surface area (Å²) in [5.41, 5.74) is 3.03. The second-order valence-corrected chi connectivity index (χ2v) is 5.46. The van der Waals surface area contributed by atoms with Crippen LogP contribution in [0.1, 0.15) is 23.6 Å². The molecule has 4 nitrogen and oxygen atoms in total. The van der Waals surface area contributed by atoms with Gasteiger partial charge < -0.3 is 4.74 Å². The first kappa shape index (κ1) is 17.3. The molecule has 2 aromatic carbocycles. The van der Waals surface area contributed by atoms with Crippen molar-refractivity contribution in [1.29, 1.82) is 0 Å².